The van der Waals surface area contributed by atoms with E-state index in [1.165, 1.54) is 5.56 Å². The van der Waals surface area contributed by atoms with Crippen LogP contribution in [0.15, 0.2) is 36.4 Å². The molecular weight excluding hydrogens is 334 g/mol. The van der Waals surface area contributed by atoms with Crippen molar-refractivity contribution in [1.29, 1.82) is 0 Å². The van der Waals surface area contributed by atoms with Gasteiger partial charge in [0.05, 0.1) is 5.56 Å². The Kier molecular flexibility index (Phi) is 8.73. The number of hydrogen-bond acceptors (Lipinski definition) is 2. The van der Waals surface area contributed by atoms with Crippen molar-refractivity contribution in [2.24, 2.45) is 5.73 Å². The molecule has 0 aliphatic rings. The highest BCUT2D eigenvalue weighted by Crippen LogP contribution is 2.17. The van der Waals surface area contributed by atoms with Crippen LogP contribution < -0.4 is 11.1 Å². The molecule has 0 aliphatic heterocycles. The molecule has 1 unspecified atom stereocenters. The van der Waals surface area contributed by atoms with Crippen molar-refractivity contribution in [2.75, 3.05) is 6.54 Å². The predicted octanol–water partition coefficient (Wildman–Crippen LogP) is 3.82. The van der Waals surface area contributed by atoms with Crippen LogP contribution in [0, 0.1) is 13.8 Å². The first-order chi connectivity index (χ1) is 11.6. The minimum absolute atomic E-state index is 0. The Bertz CT molecular complexity index is 667. The maximum absolute atomic E-state index is 12.6. The van der Waals surface area contributed by atoms with Crippen LogP contribution in [-0.4, -0.2) is 23.1 Å². The molecule has 2 aromatic rings. The van der Waals surface area contributed by atoms with Crippen molar-refractivity contribution in [3.63, 3.8) is 0 Å². The molecule has 25 heavy (non-hydrogen) atoms. The molecule has 0 saturated carbocycles. The molecule has 138 valence electrons. The molecule has 1 heterocycles. The number of aromatic nitrogens is 1. The average Bonchev–Trinajstić information content (AvgIpc) is 2.87. The number of rotatable bonds is 8. The van der Waals surface area contributed by atoms with E-state index in [9.17, 15) is 4.79 Å². The lowest BCUT2D eigenvalue weighted by Gasteiger charge is -2.16. The fourth-order valence-corrected chi connectivity index (χ4v) is 3.00. The number of amides is 1. The molecule has 1 atom stereocenters. The first kappa shape index (κ1) is 21.3. The van der Waals surface area contributed by atoms with Crippen molar-refractivity contribution in [1.82, 2.24) is 9.88 Å². The second kappa shape index (κ2) is 10.3. The third-order valence-electron chi connectivity index (χ3n) is 4.53. The molecule has 0 aliphatic carbocycles. The molecule has 0 spiro atoms. The SMILES string of the molecule is CCCCC(CN)NC(=O)c1cc(C)n(Cc2ccccc2)c1C.Cl. The standard InChI is InChI=1S/C20H29N3O.ClH/c1-4-5-11-18(13-21)22-20(24)19-12-15(2)23(16(19)3)14-17-9-7-6-8-10-17;/h6-10,12,18H,4-5,11,13-14,21H2,1-3H3,(H,22,24);1H. The number of unbranched alkanes of at least 4 members (excludes halogenated alkanes) is 1. The Morgan fingerprint density at radius 1 is 1.24 bits per heavy atom. The van der Waals surface area contributed by atoms with E-state index in [-0.39, 0.29) is 24.4 Å². The fraction of sp³-hybridized carbons (Fsp3) is 0.450. The molecule has 1 aromatic heterocycles. The summed E-state index contributed by atoms with van der Waals surface area (Å²) in [5, 5.41) is 3.09. The summed E-state index contributed by atoms with van der Waals surface area (Å²) < 4.78 is 2.19. The van der Waals surface area contributed by atoms with Crippen LogP contribution in [0.4, 0.5) is 0 Å². The molecule has 5 heteroatoms. The van der Waals surface area contributed by atoms with Crippen LogP contribution in [0.1, 0.15) is 53.5 Å². The summed E-state index contributed by atoms with van der Waals surface area (Å²) in [6.07, 6.45) is 3.12. The second-order valence-corrected chi connectivity index (χ2v) is 6.40. The Labute approximate surface area is 157 Å². The van der Waals surface area contributed by atoms with Crippen LogP contribution in [0.25, 0.3) is 0 Å². The molecule has 0 fully saturated rings. The zero-order chi connectivity index (χ0) is 17.5. The highest BCUT2D eigenvalue weighted by Gasteiger charge is 2.18. The summed E-state index contributed by atoms with van der Waals surface area (Å²) >= 11 is 0. The Morgan fingerprint density at radius 2 is 1.92 bits per heavy atom. The molecule has 1 amide bonds. The van der Waals surface area contributed by atoms with Gasteiger partial charge < -0.3 is 15.6 Å². The summed E-state index contributed by atoms with van der Waals surface area (Å²) in [5.41, 5.74) is 9.87. The summed E-state index contributed by atoms with van der Waals surface area (Å²) in [6, 6.07) is 12.3. The lowest BCUT2D eigenvalue weighted by Crippen LogP contribution is -2.40. The van der Waals surface area contributed by atoms with Crippen molar-refractivity contribution in [3.05, 3.63) is 58.9 Å². The molecule has 0 saturated heterocycles. The van der Waals surface area contributed by atoms with Gasteiger partial charge in [0.1, 0.15) is 0 Å². The smallest absolute Gasteiger partial charge is 0.253 e. The largest absolute Gasteiger partial charge is 0.348 e. The number of nitrogens with one attached hydrogen (secondary N) is 1. The highest BCUT2D eigenvalue weighted by atomic mass is 35.5. The number of hydrogen-bond donors (Lipinski definition) is 2. The normalized spacial score (nSPS) is 11.7. The van der Waals surface area contributed by atoms with Gasteiger partial charge in [-0.2, -0.15) is 0 Å². The van der Waals surface area contributed by atoms with Crippen LogP contribution in [-0.2, 0) is 6.54 Å². The zero-order valence-corrected chi connectivity index (χ0v) is 16.2. The lowest BCUT2D eigenvalue weighted by molar-refractivity contribution is 0.0935. The molecule has 0 bridgehead atoms. The Balaban J connectivity index is 0.00000312. The number of aryl methyl sites for hydroxylation is 1. The molecule has 0 radical (unpaired) electrons. The van der Waals surface area contributed by atoms with Gasteiger partial charge in [-0.25, -0.2) is 0 Å². The highest BCUT2D eigenvalue weighted by molar-refractivity contribution is 5.95. The minimum atomic E-state index is -0.0195. The summed E-state index contributed by atoms with van der Waals surface area (Å²) in [6.45, 7) is 7.46. The molecular formula is C20H30ClN3O. The average molecular weight is 364 g/mol. The van der Waals surface area contributed by atoms with E-state index in [2.05, 4.69) is 28.9 Å². The summed E-state index contributed by atoms with van der Waals surface area (Å²) in [4.78, 5) is 12.6. The summed E-state index contributed by atoms with van der Waals surface area (Å²) in [7, 11) is 0. The van der Waals surface area contributed by atoms with Gasteiger partial charge in [-0.05, 0) is 31.9 Å². The topological polar surface area (TPSA) is 60.0 Å². The van der Waals surface area contributed by atoms with Crippen molar-refractivity contribution in [3.8, 4) is 0 Å². The maximum atomic E-state index is 12.6. The van der Waals surface area contributed by atoms with E-state index in [4.69, 9.17) is 5.73 Å². The van der Waals surface area contributed by atoms with Crippen LogP contribution >= 0.6 is 12.4 Å². The first-order valence-electron chi connectivity index (χ1n) is 8.78. The molecule has 2 rings (SSSR count). The van der Waals surface area contributed by atoms with Crippen LogP contribution in [0.3, 0.4) is 0 Å². The zero-order valence-electron chi connectivity index (χ0n) is 15.4. The van der Waals surface area contributed by atoms with Gasteiger partial charge in [0.2, 0.25) is 0 Å². The van der Waals surface area contributed by atoms with Gasteiger partial charge in [-0.15, -0.1) is 12.4 Å². The molecule has 3 N–H and O–H groups in total. The number of nitrogens with zero attached hydrogens (tertiary/aromatic N) is 1. The van der Waals surface area contributed by atoms with Crippen molar-refractivity contribution in [2.45, 2.75) is 52.6 Å². The van der Waals surface area contributed by atoms with Crippen LogP contribution in [0.5, 0.6) is 0 Å². The van der Waals surface area contributed by atoms with E-state index in [0.717, 1.165) is 42.8 Å². The number of halogens is 1. The van der Waals surface area contributed by atoms with E-state index >= 15 is 0 Å². The van der Waals surface area contributed by atoms with E-state index in [0.29, 0.717) is 6.54 Å². The van der Waals surface area contributed by atoms with Crippen molar-refractivity contribution < 1.29 is 4.79 Å². The van der Waals surface area contributed by atoms with E-state index in [1.54, 1.807) is 0 Å². The van der Waals surface area contributed by atoms with Gasteiger partial charge >= 0.3 is 0 Å². The second-order valence-electron chi connectivity index (χ2n) is 6.40. The molecule has 4 nitrogen and oxygen atoms in total. The monoisotopic (exact) mass is 363 g/mol. The van der Waals surface area contributed by atoms with Gasteiger partial charge in [-0.1, -0.05) is 50.1 Å². The quantitative estimate of drug-likeness (QED) is 0.748. The maximum Gasteiger partial charge on any atom is 0.253 e. The first-order valence-corrected chi connectivity index (χ1v) is 8.78. The Hall–Kier alpha value is -1.78. The van der Waals surface area contributed by atoms with Crippen LogP contribution in [0.2, 0.25) is 0 Å². The third kappa shape index (κ3) is 5.62. The number of nitrogens with two attached hydrogens (primary N) is 1. The van der Waals surface area contributed by atoms with Gasteiger partial charge in [-0.3, -0.25) is 4.79 Å². The lowest BCUT2D eigenvalue weighted by atomic mass is 10.1. The van der Waals surface area contributed by atoms with Gasteiger partial charge in [0.15, 0.2) is 0 Å². The van der Waals surface area contributed by atoms with E-state index < -0.39 is 0 Å². The number of carbonyl (C=O) groups excluding carboxylic acids is 1. The Morgan fingerprint density at radius 3 is 2.52 bits per heavy atom. The number of benzene rings is 1. The number of carbonyl (C=O) groups is 1. The summed E-state index contributed by atoms with van der Waals surface area (Å²) in [5.74, 6) is -0.0195. The van der Waals surface area contributed by atoms with E-state index in [1.807, 2.05) is 38.1 Å². The van der Waals surface area contributed by atoms with Gasteiger partial charge in [0.25, 0.3) is 5.91 Å². The fourth-order valence-electron chi connectivity index (χ4n) is 3.00. The minimum Gasteiger partial charge on any atom is -0.348 e. The van der Waals surface area contributed by atoms with Gasteiger partial charge in [0, 0.05) is 30.5 Å². The molecule has 1 aromatic carbocycles. The third-order valence-corrected chi connectivity index (χ3v) is 4.53. The predicted molar refractivity (Wildman–Crippen MR) is 107 cm³/mol. The van der Waals surface area contributed by atoms with Crippen molar-refractivity contribution >= 4 is 18.3 Å².